The third kappa shape index (κ3) is 6.79. The van der Waals surface area contributed by atoms with Crippen molar-refractivity contribution >= 4 is 58.9 Å². The van der Waals surface area contributed by atoms with Gasteiger partial charge in [-0.05, 0) is 48.3 Å². The molecule has 0 spiro atoms. The van der Waals surface area contributed by atoms with E-state index in [0.29, 0.717) is 12.5 Å². The fourth-order valence-electron chi connectivity index (χ4n) is 2.53. The molecule has 0 aromatic carbocycles. The SMILES string of the molecule is CN=C(NCCCCSC)NCC(=O)N1CCc2sccc2C1.I. The van der Waals surface area contributed by atoms with Crippen LogP contribution in [0.4, 0.5) is 0 Å². The number of hydrogen-bond acceptors (Lipinski definition) is 4. The molecule has 0 fully saturated rings. The summed E-state index contributed by atoms with van der Waals surface area (Å²) >= 11 is 3.66. The lowest BCUT2D eigenvalue weighted by Crippen LogP contribution is -2.45. The van der Waals surface area contributed by atoms with Crippen LogP contribution in [0.2, 0.25) is 0 Å². The Morgan fingerprint density at radius 2 is 2.25 bits per heavy atom. The van der Waals surface area contributed by atoms with Gasteiger partial charge in [-0.3, -0.25) is 9.79 Å². The van der Waals surface area contributed by atoms with Gasteiger partial charge in [0.25, 0.3) is 0 Å². The van der Waals surface area contributed by atoms with Crippen molar-refractivity contribution in [2.75, 3.05) is 38.7 Å². The molecule has 136 valence electrons. The molecule has 0 radical (unpaired) electrons. The second-order valence-electron chi connectivity index (χ2n) is 5.49. The Morgan fingerprint density at radius 3 is 3.00 bits per heavy atom. The summed E-state index contributed by atoms with van der Waals surface area (Å²) in [4.78, 5) is 19.9. The standard InChI is InChI=1S/C16H26N4OS2.HI/c1-17-16(18-7-3-4-9-22-2)19-11-15(21)20-8-5-14-13(12-20)6-10-23-14;/h6,10H,3-5,7-9,11-12H2,1-2H3,(H2,17,18,19);1H. The summed E-state index contributed by atoms with van der Waals surface area (Å²) in [6, 6.07) is 2.13. The first kappa shape index (κ1) is 21.6. The molecule has 1 aromatic rings. The molecule has 8 heteroatoms. The Balaban J connectivity index is 0.00000288. The topological polar surface area (TPSA) is 56.7 Å². The minimum atomic E-state index is 0. The van der Waals surface area contributed by atoms with Gasteiger partial charge in [0.05, 0.1) is 6.54 Å². The molecule has 1 aromatic heterocycles. The Labute approximate surface area is 170 Å². The first-order valence-electron chi connectivity index (χ1n) is 8.01. The predicted molar refractivity (Wildman–Crippen MR) is 116 cm³/mol. The Morgan fingerprint density at radius 1 is 1.42 bits per heavy atom. The lowest BCUT2D eigenvalue weighted by molar-refractivity contribution is -0.130. The van der Waals surface area contributed by atoms with Gasteiger partial charge < -0.3 is 15.5 Å². The van der Waals surface area contributed by atoms with Crippen LogP contribution in [-0.4, -0.2) is 55.5 Å². The highest BCUT2D eigenvalue weighted by Gasteiger charge is 2.21. The van der Waals surface area contributed by atoms with E-state index in [1.165, 1.54) is 22.6 Å². The van der Waals surface area contributed by atoms with Crippen molar-refractivity contribution in [3.8, 4) is 0 Å². The highest BCUT2D eigenvalue weighted by atomic mass is 127. The normalized spacial score (nSPS) is 13.9. The molecular formula is C16H27IN4OS2. The largest absolute Gasteiger partial charge is 0.356 e. The monoisotopic (exact) mass is 482 g/mol. The number of amides is 1. The second kappa shape index (κ2) is 12.0. The fraction of sp³-hybridized carbons (Fsp3) is 0.625. The van der Waals surface area contributed by atoms with Crippen LogP contribution in [-0.2, 0) is 17.8 Å². The van der Waals surface area contributed by atoms with Gasteiger partial charge in [0.2, 0.25) is 5.91 Å². The van der Waals surface area contributed by atoms with E-state index in [1.807, 2.05) is 16.7 Å². The van der Waals surface area contributed by atoms with Crippen molar-refractivity contribution in [1.82, 2.24) is 15.5 Å². The van der Waals surface area contributed by atoms with Crippen molar-refractivity contribution in [3.63, 3.8) is 0 Å². The highest BCUT2D eigenvalue weighted by molar-refractivity contribution is 14.0. The van der Waals surface area contributed by atoms with Gasteiger partial charge in [-0.2, -0.15) is 11.8 Å². The quantitative estimate of drug-likeness (QED) is 0.272. The van der Waals surface area contributed by atoms with Crippen LogP contribution in [0.3, 0.4) is 0 Å². The van der Waals surface area contributed by atoms with Crippen LogP contribution < -0.4 is 10.6 Å². The first-order chi connectivity index (χ1) is 11.2. The van der Waals surface area contributed by atoms with Gasteiger partial charge in [-0.1, -0.05) is 0 Å². The number of fused-ring (bicyclic) bond motifs is 1. The number of thiophene rings is 1. The number of halogens is 1. The van der Waals surface area contributed by atoms with Gasteiger partial charge in [-0.25, -0.2) is 0 Å². The third-order valence-electron chi connectivity index (χ3n) is 3.86. The zero-order chi connectivity index (χ0) is 16.5. The van der Waals surface area contributed by atoms with E-state index in [4.69, 9.17) is 0 Å². The van der Waals surface area contributed by atoms with E-state index in [-0.39, 0.29) is 29.9 Å². The number of aliphatic imine (C=N–C) groups is 1. The van der Waals surface area contributed by atoms with Gasteiger partial charge in [-0.15, -0.1) is 35.3 Å². The molecule has 0 aliphatic carbocycles. The maximum atomic E-state index is 12.3. The van der Waals surface area contributed by atoms with E-state index >= 15 is 0 Å². The van der Waals surface area contributed by atoms with Gasteiger partial charge in [0, 0.05) is 31.6 Å². The molecule has 1 aliphatic heterocycles. The van der Waals surface area contributed by atoms with Crippen molar-refractivity contribution in [1.29, 1.82) is 0 Å². The van der Waals surface area contributed by atoms with E-state index in [9.17, 15) is 4.79 Å². The zero-order valence-electron chi connectivity index (χ0n) is 14.3. The van der Waals surface area contributed by atoms with Gasteiger partial charge >= 0.3 is 0 Å². The molecule has 24 heavy (non-hydrogen) atoms. The number of nitrogens with zero attached hydrogens (tertiary/aromatic N) is 2. The smallest absolute Gasteiger partial charge is 0.242 e. The zero-order valence-corrected chi connectivity index (χ0v) is 18.3. The average molecular weight is 482 g/mol. The lowest BCUT2D eigenvalue weighted by Gasteiger charge is -2.27. The third-order valence-corrected chi connectivity index (χ3v) is 5.58. The molecule has 0 saturated heterocycles. The number of thioether (sulfide) groups is 1. The number of unbranched alkanes of at least 4 members (excludes halogenated alkanes) is 1. The van der Waals surface area contributed by atoms with Crippen LogP contribution in [0.1, 0.15) is 23.3 Å². The van der Waals surface area contributed by atoms with Crippen LogP contribution in [0.5, 0.6) is 0 Å². The summed E-state index contributed by atoms with van der Waals surface area (Å²) < 4.78 is 0. The summed E-state index contributed by atoms with van der Waals surface area (Å²) in [5.41, 5.74) is 1.30. The summed E-state index contributed by atoms with van der Waals surface area (Å²) in [6.45, 7) is 2.73. The summed E-state index contributed by atoms with van der Waals surface area (Å²) in [5.74, 6) is 2.02. The number of rotatable bonds is 7. The maximum Gasteiger partial charge on any atom is 0.242 e. The molecule has 1 amide bonds. The summed E-state index contributed by atoms with van der Waals surface area (Å²) in [5, 5.41) is 8.49. The highest BCUT2D eigenvalue weighted by Crippen LogP contribution is 2.23. The molecule has 5 nitrogen and oxygen atoms in total. The van der Waals surface area contributed by atoms with Crippen molar-refractivity contribution in [2.24, 2.45) is 4.99 Å². The summed E-state index contributed by atoms with van der Waals surface area (Å²) in [7, 11) is 1.74. The number of carbonyl (C=O) groups is 1. The number of nitrogens with one attached hydrogen (secondary N) is 2. The van der Waals surface area contributed by atoms with Gasteiger partial charge in [0.1, 0.15) is 0 Å². The number of hydrogen-bond donors (Lipinski definition) is 2. The Kier molecular flexibility index (Phi) is 10.8. The lowest BCUT2D eigenvalue weighted by atomic mass is 10.1. The van der Waals surface area contributed by atoms with Crippen LogP contribution >= 0.6 is 47.1 Å². The van der Waals surface area contributed by atoms with Crippen molar-refractivity contribution < 1.29 is 4.79 Å². The molecule has 0 bridgehead atoms. The molecule has 2 N–H and O–H groups in total. The average Bonchev–Trinajstić information content (AvgIpc) is 3.04. The first-order valence-corrected chi connectivity index (χ1v) is 10.3. The fourth-order valence-corrected chi connectivity index (χ4v) is 3.91. The molecule has 0 unspecified atom stereocenters. The maximum absolute atomic E-state index is 12.3. The molecular weight excluding hydrogens is 455 g/mol. The van der Waals surface area contributed by atoms with Crippen LogP contribution in [0, 0.1) is 0 Å². The molecule has 0 atom stereocenters. The molecule has 1 aliphatic rings. The Bertz CT molecular complexity index is 536. The van der Waals surface area contributed by atoms with Crippen LogP contribution in [0.15, 0.2) is 16.4 Å². The number of carbonyl (C=O) groups excluding carboxylic acids is 1. The van der Waals surface area contributed by atoms with E-state index in [2.05, 4.69) is 33.3 Å². The van der Waals surface area contributed by atoms with Crippen LogP contribution in [0.25, 0.3) is 0 Å². The van der Waals surface area contributed by atoms with Gasteiger partial charge in [0.15, 0.2) is 5.96 Å². The van der Waals surface area contributed by atoms with E-state index in [1.54, 1.807) is 18.4 Å². The predicted octanol–water partition coefficient (Wildman–Crippen LogP) is 2.56. The van der Waals surface area contributed by atoms with E-state index in [0.717, 1.165) is 32.5 Å². The second-order valence-corrected chi connectivity index (χ2v) is 7.47. The molecule has 2 heterocycles. The van der Waals surface area contributed by atoms with E-state index < -0.39 is 0 Å². The molecule has 0 saturated carbocycles. The van der Waals surface area contributed by atoms with Crippen molar-refractivity contribution in [3.05, 3.63) is 21.9 Å². The minimum Gasteiger partial charge on any atom is -0.356 e. The van der Waals surface area contributed by atoms with Crippen molar-refractivity contribution in [2.45, 2.75) is 25.8 Å². The minimum absolute atomic E-state index is 0. The molecule has 2 rings (SSSR count). The summed E-state index contributed by atoms with van der Waals surface area (Å²) in [6.07, 6.45) is 5.41. The number of guanidine groups is 1. The Hall–Kier alpha value is -0.480.